The first-order chi connectivity index (χ1) is 6.41. The summed E-state index contributed by atoms with van der Waals surface area (Å²) in [5.74, 6) is 5.94. The van der Waals surface area contributed by atoms with Crippen molar-refractivity contribution in [1.82, 2.24) is 5.32 Å². The summed E-state index contributed by atoms with van der Waals surface area (Å²) < 4.78 is 0. The van der Waals surface area contributed by atoms with Gasteiger partial charge in [-0.05, 0) is 19.9 Å². The Kier molecular flexibility index (Phi) is 11.1. The van der Waals surface area contributed by atoms with Gasteiger partial charge in [-0.1, -0.05) is 32.6 Å². The summed E-state index contributed by atoms with van der Waals surface area (Å²) in [6, 6.07) is 0. The van der Waals surface area contributed by atoms with Crippen molar-refractivity contribution in [2.24, 2.45) is 0 Å². The van der Waals surface area contributed by atoms with Gasteiger partial charge in [0.05, 0.1) is 0 Å². The fourth-order valence-corrected chi connectivity index (χ4v) is 1.25. The van der Waals surface area contributed by atoms with Crippen molar-refractivity contribution in [3.05, 3.63) is 0 Å². The molecule has 0 bridgehead atoms. The minimum atomic E-state index is 0.992. The van der Waals surface area contributed by atoms with Crippen molar-refractivity contribution in [3.63, 3.8) is 0 Å². The van der Waals surface area contributed by atoms with Gasteiger partial charge in [-0.2, -0.15) is 0 Å². The molecule has 0 unspecified atom stereocenters. The van der Waals surface area contributed by atoms with Crippen LogP contribution in [0.1, 0.15) is 52.4 Å². The Balaban J connectivity index is 2.86. The van der Waals surface area contributed by atoms with E-state index in [2.05, 4.69) is 24.1 Å². The Labute approximate surface area is 83.3 Å². The van der Waals surface area contributed by atoms with E-state index in [0.717, 1.165) is 19.5 Å². The molecule has 1 nitrogen and oxygen atoms in total. The van der Waals surface area contributed by atoms with Crippen molar-refractivity contribution in [3.8, 4) is 11.8 Å². The zero-order valence-corrected chi connectivity index (χ0v) is 9.16. The topological polar surface area (TPSA) is 12.0 Å². The van der Waals surface area contributed by atoms with E-state index in [9.17, 15) is 0 Å². The van der Waals surface area contributed by atoms with E-state index in [1.54, 1.807) is 0 Å². The highest BCUT2D eigenvalue weighted by molar-refractivity contribution is 4.94. The molecule has 0 saturated carbocycles. The van der Waals surface area contributed by atoms with E-state index in [4.69, 9.17) is 0 Å². The Morgan fingerprint density at radius 3 is 2.46 bits per heavy atom. The lowest BCUT2D eigenvalue weighted by Gasteiger charge is -2.01. The van der Waals surface area contributed by atoms with Crippen LogP contribution in [-0.4, -0.2) is 13.1 Å². The van der Waals surface area contributed by atoms with Crippen molar-refractivity contribution in [2.45, 2.75) is 52.4 Å². The lowest BCUT2D eigenvalue weighted by molar-refractivity contribution is 0.588. The highest BCUT2D eigenvalue weighted by Crippen LogP contribution is 2.00. The van der Waals surface area contributed by atoms with Gasteiger partial charge < -0.3 is 5.32 Å². The van der Waals surface area contributed by atoms with E-state index in [1.165, 1.54) is 32.1 Å². The summed E-state index contributed by atoms with van der Waals surface area (Å²) in [4.78, 5) is 0. The molecule has 76 valence electrons. The lowest BCUT2D eigenvalue weighted by Crippen LogP contribution is -2.16. The molecule has 0 aliphatic rings. The van der Waals surface area contributed by atoms with E-state index in [-0.39, 0.29) is 0 Å². The maximum absolute atomic E-state index is 3.39. The molecule has 0 heterocycles. The van der Waals surface area contributed by atoms with Crippen LogP contribution >= 0.6 is 0 Å². The van der Waals surface area contributed by atoms with Crippen molar-refractivity contribution in [2.75, 3.05) is 13.1 Å². The maximum Gasteiger partial charge on any atom is 0.0214 e. The Hall–Kier alpha value is -0.480. The van der Waals surface area contributed by atoms with Gasteiger partial charge in [0.1, 0.15) is 0 Å². The van der Waals surface area contributed by atoms with Gasteiger partial charge in [0.2, 0.25) is 0 Å². The molecule has 0 radical (unpaired) electrons. The van der Waals surface area contributed by atoms with Gasteiger partial charge >= 0.3 is 0 Å². The molecular weight excluding hydrogens is 158 g/mol. The Bertz CT molecular complexity index is 141. The Morgan fingerprint density at radius 1 is 1.00 bits per heavy atom. The molecule has 0 aromatic carbocycles. The normalized spacial score (nSPS) is 9.38. The molecule has 0 aliphatic carbocycles. The van der Waals surface area contributed by atoms with Gasteiger partial charge in [0.15, 0.2) is 0 Å². The summed E-state index contributed by atoms with van der Waals surface area (Å²) in [5.41, 5.74) is 0. The van der Waals surface area contributed by atoms with Crippen LogP contribution in [0.3, 0.4) is 0 Å². The van der Waals surface area contributed by atoms with Crippen LogP contribution in [0.15, 0.2) is 0 Å². The monoisotopic (exact) mass is 181 g/mol. The van der Waals surface area contributed by atoms with E-state index >= 15 is 0 Å². The molecule has 0 aliphatic heterocycles. The van der Waals surface area contributed by atoms with E-state index < -0.39 is 0 Å². The summed E-state index contributed by atoms with van der Waals surface area (Å²) in [6.45, 7) is 6.36. The molecule has 0 aromatic rings. The quantitative estimate of drug-likeness (QED) is 0.448. The molecule has 0 saturated heterocycles. The van der Waals surface area contributed by atoms with Gasteiger partial charge in [-0.3, -0.25) is 0 Å². The number of unbranched alkanes of at least 4 members (excludes halogenated alkanes) is 4. The van der Waals surface area contributed by atoms with Gasteiger partial charge in [-0.25, -0.2) is 0 Å². The van der Waals surface area contributed by atoms with Crippen LogP contribution in [0.5, 0.6) is 0 Å². The predicted molar refractivity (Wildman–Crippen MR) is 59.7 cm³/mol. The second-order valence-corrected chi connectivity index (χ2v) is 3.34. The first kappa shape index (κ1) is 12.5. The van der Waals surface area contributed by atoms with Gasteiger partial charge in [0, 0.05) is 13.0 Å². The second-order valence-electron chi connectivity index (χ2n) is 3.34. The molecule has 13 heavy (non-hydrogen) atoms. The molecule has 1 N–H and O–H groups in total. The molecule has 0 rings (SSSR count). The van der Waals surface area contributed by atoms with Crippen molar-refractivity contribution in [1.29, 1.82) is 0 Å². The van der Waals surface area contributed by atoms with Crippen LogP contribution in [0.25, 0.3) is 0 Å². The maximum atomic E-state index is 3.39. The molecule has 0 spiro atoms. The fraction of sp³-hybridized carbons (Fsp3) is 0.833. The van der Waals surface area contributed by atoms with Crippen LogP contribution in [0.2, 0.25) is 0 Å². The first-order valence-corrected chi connectivity index (χ1v) is 5.52. The first-order valence-electron chi connectivity index (χ1n) is 5.52. The molecular formula is C12H23N. The smallest absolute Gasteiger partial charge is 0.0214 e. The third-order valence-corrected chi connectivity index (χ3v) is 2.06. The zero-order chi connectivity index (χ0) is 9.78. The number of hydrogen-bond acceptors (Lipinski definition) is 1. The van der Waals surface area contributed by atoms with Crippen LogP contribution in [0.4, 0.5) is 0 Å². The van der Waals surface area contributed by atoms with Crippen molar-refractivity contribution >= 4 is 0 Å². The third kappa shape index (κ3) is 11.5. The summed E-state index contributed by atoms with van der Waals surface area (Å²) in [5, 5.41) is 3.39. The summed E-state index contributed by atoms with van der Waals surface area (Å²) >= 11 is 0. The zero-order valence-electron chi connectivity index (χ0n) is 9.16. The highest BCUT2D eigenvalue weighted by atomic mass is 14.8. The highest BCUT2D eigenvalue weighted by Gasteiger charge is 1.88. The Morgan fingerprint density at radius 2 is 1.77 bits per heavy atom. The number of nitrogens with one attached hydrogen (secondary N) is 1. The van der Waals surface area contributed by atoms with Gasteiger partial charge in [-0.15, -0.1) is 11.8 Å². The summed E-state index contributed by atoms with van der Waals surface area (Å²) in [7, 11) is 0. The molecule has 0 fully saturated rings. The molecule has 1 heteroatoms. The third-order valence-electron chi connectivity index (χ3n) is 2.06. The molecule has 0 aromatic heterocycles. The average Bonchev–Trinajstić information content (AvgIpc) is 2.16. The second kappa shape index (κ2) is 11.5. The van der Waals surface area contributed by atoms with E-state index in [1.807, 2.05) is 6.92 Å². The standard InChI is InChI=1S/C12H23N/c1-3-5-7-8-10-12-13-11-9-6-4-2/h13H,3,5,7-12H2,1-2H3. The van der Waals surface area contributed by atoms with Crippen LogP contribution in [0, 0.1) is 11.8 Å². The fourth-order valence-electron chi connectivity index (χ4n) is 1.25. The van der Waals surface area contributed by atoms with Gasteiger partial charge in [0.25, 0.3) is 0 Å². The minimum Gasteiger partial charge on any atom is -0.316 e. The van der Waals surface area contributed by atoms with E-state index in [0.29, 0.717) is 0 Å². The average molecular weight is 181 g/mol. The lowest BCUT2D eigenvalue weighted by atomic mass is 10.1. The SMILES string of the molecule is CC#CCCNCCCCCCC. The van der Waals surface area contributed by atoms with Crippen molar-refractivity contribution < 1.29 is 0 Å². The molecule has 0 amide bonds. The van der Waals surface area contributed by atoms with Crippen LogP contribution < -0.4 is 5.32 Å². The molecule has 0 atom stereocenters. The number of rotatable bonds is 8. The number of hydrogen-bond donors (Lipinski definition) is 1. The van der Waals surface area contributed by atoms with Crippen LogP contribution in [-0.2, 0) is 0 Å². The minimum absolute atomic E-state index is 0.992. The predicted octanol–water partition coefficient (Wildman–Crippen LogP) is 2.96. The largest absolute Gasteiger partial charge is 0.316 e. The summed E-state index contributed by atoms with van der Waals surface area (Å²) in [6.07, 6.45) is 7.80.